The highest BCUT2D eigenvalue weighted by Crippen LogP contribution is 2.12. The number of benzene rings is 2. The maximum Gasteiger partial charge on any atom is 0.407 e. The van der Waals surface area contributed by atoms with Crippen molar-refractivity contribution in [2.75, 3.05) is 0 Å². The third-order valence-corrected chi connectivity index (χ3v) is 4.04. The molecule has 0 atom stereocenters. The van der Waals surface area contributed by atoms with Crippen molar-refractivity contribution in [1.29, 1.82) is 10.5 Å². The molecule has 0 aliphatic carbocycles. The number of nitrogens with one attached hydrogen (secondary N) is 1. The van der Waals surface area contributed by atoms with E-state index in [4.69, 9.17) is 20.8 Å². The predicted octanol–water partition coefficient (Wildman–Crippen LogP) is 4.67. The minimum atomic E-state index is -0.544. The van der Waals surface area contributed by atoms with E-state index < -0.39 is 11.7 Å². The van der Waals surface area contributed by atoms with Crippen molar-refractivity contribution >= 4 is 11.8 Å². The number of aromatic nitrogens is 3. The van der Waals surface area contributed by atoms with Crippen LogP contribution >= 0.6 is 0 Å². The molecule has 1 amide bonds. The van der Waals surface area contributed by atoms with Crippen LogP contribution in [0.15, 0.2) is 59.8 Å². The smallest absolute Gasteiger partial charge is 0.407 e. The molecular weight excluding hydrogens is 470 g/mol. The molecule has 0 fully saturated rings. The van der Waals surface area contributed by atoms with Crippen LogP contribution in [0.5, 0.6) is 0 Å². The third-order valence-electron chi connectivity index (χ3n) is 4.04. The van der Waals surface area contributed by atoms with Gasteiger partial charge < -0.3 is 10.1 Å². The molecule has 0 unspecified atom stereocenters. The van der Waals surface area contributed by atoms with Crippen molar-refractivity contribution in [2.45, 2.75) is 32.9 Å². The summed E-state index contributed by atoms with van der Waals surface area (Å²) in [4.78, 5) is 14.2. The first-order chi connectivity index (χ1) is 17.7. The number of carbonyl (C=O) groups is 1. The van der Waals surface area contributed by atoms with Gasteiger partial charge in [-0.1, -0.05) is 34.3 Å². The largest absolute Gasteiger partial charge is 0.444 e. The number of nitrogens with zero attached hydrogens (tertiary/aromatic N) is 8. The lowest BCUT2D eigenvalue weighted by Gasteiger charge is -2.19. The number of nitriles is 2. The molecule has 2 aromatic carbocycles. The van der Waals surface area contributed by atoms with E-state index in [0.717, 1.165) is 16.8 Å². The van der Waals surface area contributed by atoms with Crippen molar-refractivity contribution in [3.05, 3.63) is 82.0 Å². The first-order valence-corrected chi connectivity index (χ1v) is 10.7. The molecule has 3 rings (SSSR count). The zero-order valence-electron chi connectivity index (χ0n) is 20.3. The molecule has 37 heavy (non-hydrogen) atoms. The Morgan fingerprint density at radius 2 is 1.62 bits per heavy atom. The summed E-state index contributed by atoms with van der Waals surface area (Å²) in [5.41, 5.74) is 11.0. The summed E-state index contributed by atoms with van der Waals surface area (Å²) < 4.78 is 6.75. The molecule has 0 aliphatic heterocycles. The Kier molecular flexibility index (Phi) is 10.3. The van der Waals surface area contributed by atoms with Crippen molar-refractivity contribution < 1.29 is 9.53 Å². The maximum absolute atomic E-state index is 11.6. The number of ether oxygens (including phenoxy) is 1. The van der Waals surface area contributed by atoms with Crippen LogP contribution in [0.25, 0.3) is 16.1 Å². The monoisotopic (exact) mass is 491 g/mol. The van der Waals surface area contributed by atoms with Gasteiger partial charge in [0, 0.05) is 33.6 Å². The Morgan fingerprint density at radius 3 is 2.14 bits per heavy atom. The average Bonchev–Trinajstić information content (AvgIpc) is 3.35. The lowest BCUT2D eigenvalue weighted by atomic mass is 10.2. The van der Waals surface area contributed by atoms with E-state index in [1.54, 1.807) is 80.2 Å². The minimum Gasteiger partial charge on any atom is -0.444 e. The van der Waals surface area contributed by atoms with E-state index in [1.165, 1.54) is 0 Å². The number of hydrogen-bond acceptors (Lipinski definition) is 7. The molecule has 0 spiro atoms. The predicted molar refractivity (Wildman–Crippen MR) is 135 cm³/mol. The number of alkyl carbamates (subject to hydrolysis) is 1. The van der Waals surface area contributed by atoms with Crippen LogP contribution in [-0.2, 0) is 11.3 Å². The van der Waals surface area contributed by atoms with Crippen molar-refractivity contribution in [2.24, 2.45) is 5.11 Å². The molecular formula is C26H21N9O2. The minimum absolute atomic E-state index is 0.223. The topological polar surface area (TPSA) is 165 Å². The number of hydrogen-bond donors (Lipinski definition) is 1. The van der Waals surface area contributed by atoms with Gasteiger partial charge in [0.25, 0.3) is 0 Å². The number of carbonyl (C=O) groups excluding carboxylic acids is 1. The van der Waals surface area contributed by atoms with Gasteiger partial charge in [-0.25, -0.2) is 9.48 Å². The molecule has 0 saturated heterocycles. The molecule has 11 heteroatoms. The van der Waals surface area contributed by atoms with Crippen molar-refractivity contribution in [3.63, 3.8) is 0 Å². The van der Waals surface area contributed by atoms with Gasteiger partial charge in [-0.2, -0.15) is 10.5 Å². The van der Waals surface area contributed by atoms with E-state index in [2.05, 4.69) is 49.3 Å². The molecule has 1 heterocycles. The Balaban J connectivity index is 0.000000312. The highest BCUT2D eigenvalue weighted by molar-refractivity contribution is 5.67. The first-order valence-electron chi connectivity index (χ1n) is 10.7. The Morgan fingerprint density at radius 1 is 1.05 bits per heavy atom. The molecule has 182 valence electrons. The fourth-order valence-electron chi connectivity index (χ4n) is 2.54. The summed E-state index contributed by atoms with van der Waals surface area (Å²) in [7, 11) is 0. The quantitative estimate of drug-likeness (QED) is 0.241. The highest BCUT2D eigenvalue weighted by Gasteiger charge is 2.16. The number of azide groups is 1. The molecule has 0 radical (unpaired) electrons. The van der Waals surface area contributed by atoms with Gasteiger partial charge in [0.1, 0.15) is 11.3 Å². The van der Waals surface area contributed by atoms with E-state index in [9.17, 15) is 4.79 Å². The summed E-state index contributed by atoms with van der Waals surface area (Å²) in [5.74, 6) is 9.94. The van der Waals surface area contributed by atoms with Crippen molar-refractivity contribution in [3.8, 4) is 41.5 Å². The zero-order chi connectivity index (χ0) is 27.1. The SMILES string of the molecule is CC(C)(C)OC(=O)NCc1cn(-c2ccc(C#CC#N)cc2)nn1.N#CC#Cc1ccc(N=[N+]=[N-])cc1. The van der Waals surface area contributed by atoms with Gasteiger partial charge in [-0.05, 0) is 62.7 Å². The van der Waals surface area contributed by atoms with Crippen LogP contribution in [-0.4, -0.2) is 26.7 Å². The van der Waals surface area contributed by atoms with Gasteiger partial charge in [0.05, 0.1) is 18.4 Å². The van der Waals surface area contributed by atoms with Crippen LogP contribution in [0.2, 0.25) is 0 Å². The van der Waals surface area contributed by atoms with Gasteiger partial charge >= 0.3 is 6.09 Å². The molecule has 0 saturated carbocycles. The van der Waals surface area contributed by atoms with Gasteiger partial charge in [0.2, 0.25) is 0 Å². The first kappa shape index (κ1) is 27.5. The van der Waals surface area contributed by atoms with Crippen LogP contribution in [0.3, 0.4) is 0 Å². The Bertz CT molecular complexity index is 1470. The summed E-state index contributed by atoms with van der Waals surface area (Å²) in [5, 5.41) is 30.6. The van der Waals surface area contributed by atoms with Gasteiger partial charge in [-0.15, -0.1) is 5.10 Å². The van der Waals surface area contributed by atoms with Crippen LogP contribution in [0, 0.1) is 46.3 Å². The molecule has 3 aromatic rings. The Labute approximate surface area is 213 Å². The standard InChI is InChI=1S/C17H17N5O2.C9H4N4/c1-17(2,3)24-16(23)19-11-14-12-22(21-20-14)15-8-6-13(7-9-15)5-4-10-18;10-7-1-2-8-3-5-9(6-4-8)12-13-11/h6-9,12H,11H2,1-3H3,(H,19,23);3-6H. The molecule has 0 aliphatic rings. The summed E-state index contributed by atoms with van der Waals surface area (Å²) >= 11 is 0. The molecule has 1 N–H and O–H groups in total. The zero-order valence-corrected chi connectivity index (χ0v) is 20.3. The number of amides is 1. The fraction of sp³-hybridized carbons (Fsp3) is 0.192. The molecule has 11 nitrogen and oxygen atoms in total. The normalized spacial score (nSPS) is 9.22. The average molecular weight is 492 g/mol. The highest BCUT2D eigenvalue weighted by atomic mass is 16.6. The lowest BCUT2D eigenvalue weighted by Crippen LogP contribution is -2.32. The summed E-state index contributed by atoms with van der Waals surface area (Å²) in [6, 6.07) is 17.4. The van der Waals surface area contributed by atoms with E-state index in [0.29, 0.717) is 11.4 Å². The fourth-order valence-corrected chi connectivity index (χ4v) is 2.54. The summed E-state index contributed by atoms with van der Waals surface area (Å²) in [6.07, 6.45) is 1.21. The van der Waals surface area contributed by atoms with Crippen LogP contribution in [0.4, 0.5) is 10.5 Å². The van der Waals surface area contributed by atoms with Gasteiger partial charge in [0.15, 0.2) is 12.1 Å². The Hall–Kier alpha value is -5.74. The second-order valence-electron chi connectivity index (χ2n) is 8.02. The second kappa shape index (κ2) is 13.8. The van der Waals surface area contributed by atoms with Gasteiger partial charge in [-0.3, -0.25) is 0 Å². The van der Waals surface area contributed by atoms with Crippen LogP contribution < -0.4 is 5.32 Å². The van der Waals surface area contributed by atoms with E-state index in [1.807, 2.05) is 12.1 Å². The third kappa shape index (κ3) is 10.4. The second-order valence-corrected chi connectivity index (χ2v) is 8.02. The lowest BCUT2D eigenvalue weighted by molar-refractivity contribution is 0.0523. The van der Waals surface area contributed by atoms with Crippen molar-refractivity contribution in [1.82, 2.24) is 20.3 Å². The maximum atomic E-state index is 11.6. The molecule has 1 aromatic heterocycles. The van der Waals surface area contributed by atoms with E-state index >= 15 is 0 Å². The van der Waals surface area contributed by atoms with Crippen LogP contribution in [0.1, 0.15) is 37.6 Å². The van der Waals surface area contributed by atoms with E-state index in [-0.39, 0.29) is 6.54 Å². The summed E-state index contributed by atoms with van der Waals surface area (Å²) in [6.45, 7) is 5.62. The molecule has 0 bridgehead atoms. The number of rotatable bonds is 4.